The van der Waals surface area contributed by atoms with E-state index in [1.807, 2.05) is 0 Å². The van der Waals surface area contributed by atoms with Crippen LogP contribution in [0.15, 0.2) is 46.9 Å². The first kappa shape index (κ1) is 15.0. The van der Waals surface area contributed by atoms with Crippen molar-refractivity contribution in [3.05, 3.63) is 58.3 Å². The molecule has 7 heteroatoms. The minimum absolute atomic E-state index is 0.0857. The van der Waals surface area contributed by atoms with Crippen LogP contribution in [0.3, 0.4) is 0 Å². The van der Waals surface area contributed by atoms with Crippen LogP contribution in [0.1, 0.15) is 10.4 Å². The zero-order valence-electron chi connectivity index (χ0n) is 10.7. The van der Waals surface area contributed by atoms with Crippen LogP contribution in [0.5, 0.6) is 0 Å². The highest BCUT2D eigenvalue weighted by Gasteiger charge is 2.09. The molecular weight excluding hydrogens is 341 g/mol. The minimum Gasteiger partial charge on any atom is -0.351 e. The predicted molar refractivity (Wildman–Crippen MR) is 81.7 cm³/mol. The van der Waals surface area contributed by atoms with Gasteiger partial charge in [0.25, 0.3) is 5.91 Å². The highest BCUT2D eigenvalue weighted by atomic mass is 79.9. The van der Waals surface area contributed by atoms with Crippen LogP contribution >= 0.6 is 15.9 Å². The third-order valence-corrected chi connectivity index (χ3v) is 3.09. The van der Waals surface area contributed by atoms with Gasteiger partial charge >= 0.3 is 6.03 Å². The SMILES string of the molecule is NC(=O)Nc1ccc(C(=O)Nc2ccc(Br)cc2F)cc1. The number of anilines is 2. The van der Waals surface area contributed by atoms with Gasteiger partial charge in [-0.05, 0) is 42.5 Å². The maximum atomic E-state index is 13.6. The third-order valence-electron chi connectivity index (χ3n) is 2.59. The summed E-state index contributed by atoms with van der Waals surface area (Å²) < 4.78 is 14.2. The summed E-state index contributed by atoms with van der Waals surface area (Å²) in [6.07, 6.45) is 0. The number of urea groups is 1. The molecule has 0 aliphatic carbocycles. The monoisotopic (exact) mass is 351 g/mol. The van der Waals surface area contributed by atoms with Gasteiger partial charge in [0.05, 0.1) is 5.69 Å². The predicted octanol–water partition coefficient (Wildman–Crippen LogP) is 3.33. The molecule has 0 saturated heterocycles. The zero-order chi connectivity index (χ0) is 15.4. The molecule has 21 heavy (non-hydrogen) atoms. The first-order valence-corrected chi connectivity index (χ1v) is 6.68. The van der Waals surface area contributed by atoms with Gasteiger partial charge < -0.3 is 16.4 Å². The molecule has 0 spiro atoms. The van der Waals surface area contributed by atoms with Crippen molar-refractivity contribution in [2.24, 2.45) is 5.73 Å². The van der Waals surface area contributed by atoms with Gasteiger partial charge in [0.2, 0.25) is 0 Å². The van der Waals surface area contributed by atoms with E-state index < -0.39 is 17.8 Å². The minimum atomic E-state index is -0.691. The molecule has 0 aliphatic heterocycles. The molecule has 4 N–H and O–H groups in total. The Morgan fingerprint density at radius 2 is 1.71 bits per heavy atom. The van der Waals surface area contributed by atoms with E-state index in [2.05, 4.69) is 26.6 Å². The second kappa shape index (κ2) is 6.36. The molecule has 0 aromatic heterocycles. The van der Waals surface area contributed by atoms with E-state index in [1.165, 1.54) is 36.4 Å². The highest BCUT2D eigenvalue weighted by molar-refractivity contribution is 9.10. The fraction of sp³-hybridized carbons (Fsp3) is 0. The molecule has 0 radical (unpaired) electrons. The van der Waals surface area contributed by atoms with E-state index >= 15 is 0 Å². The number of carbonyl (C=O) groups excluding carboxylic acids is 2. The Bertz CT molecular complexity index is 689. The number of hydrogen-bond donors (Lipinski definition) is 3. The normalized spacial score (nSPS) is 10.0. The molecule has 108 valence electrons. The molecule has 0 saturated carbocycles. The van der Waals surface area contributed by atoms with Gasteiger partial charge in [0.1, 0.15) is 5.82 Å². The molecule has 0 aliphatic rings. The van der Waals surface area contributed by atoms with Crippen molar-refractivity contribution in [1.29, 1.82) is 0 Å². The number of halogens is 2. The molecule has 2 aromatic carbocycles. The number of nitrogens with one attached hydrogen (secondary N) is 2. The smallest absolute Gasteiger partial charge is 0.316 e. The van der Waals surface area contributed by atoms with Crippen molar-refractivity contribution in [1.82, 2.24) is 0 Å². The van der Waals surface area contributed by atoms with Crippen molar-refractivity contribution in [2.45, 2.75) is 0 Å². The Morgan fingerprint density at radius 3 is 2.29 bits per heavy atom. The molecule has 0 atom stereocenters. The number of hydrogen-bond acceptors (Lipinski definition) is 2. The topological polar surface area (TPSA) is 84.2 Å². The summed E-state index contributed by atoms with van der Waals surface area (Å²) in [4.78, 5) is 22.7. The lowest BCUT2D eigenvalue weighted by molar-refractivity contribution is 0.102. The quantitative estimate of drug-likeness (QED) is 0.792. The molecule has 0 bridgehead atoms. The van der Waals surface area contributed by atoms with E-state index in [4.69, 9.17) is 5.73 Å². The van der Waals surface area contributed by atoms with Gasteiger partial charge in [-0.1, -0.05) is 15.9 Å². The second-order valence-electron chi connectivity index (χ2n) is 4.14. The summed E-state index contributed by atoms with van der Waals surface area (Å²) in [6, 6.07) is 9.70. The molecule has 0 unspecified atom stereocenters. The van der Waals surface area contributed by atoms with Crippen LogP contribution in [-0.4, -0.2) is 11.9 Å². The van der Waals surface area contributed by atoms with Gasteiger partial charge in [-0.15, -0.1) is 0 Å². The molecule has 3 amide bonds. The fourth-order valence-corrected chi connectivity index (χ4v) is 1.97. The molecule has 2 aromatic rings. The molecule has 2 rings (SSSR count). The number of rotatable bonds is 3. The Balaban J connectivity index is 2.11. The van der Waals surface area contributed by atoms with E-state index in [1.54, 1.807) is 6.07 Å². The van der Waals surface area contributed by atoms with Crippen molar-refractivity contribution < 1.29 is 14.0 Å². The van der Waals surface area contributed by atoms with Crippen molar-refractivity contribution >= 4 is 39.2 Å². The van der Waals surface area contributed by atoms with Gasteiger partial charge in [0.15, 0.2) is 0 Å². The second-order valence-corrected chi connectivity index (χ2v) is 5.06. The Morgan fingerprint density at radius 1 is 1.05 bits per heavy atom. The zero-order valence-corrected chi connectivity index (χ0v) is 12.3. The van der Waals surface area contributed by atoms with Crippen molar-refractivity contribution in [3.63, 3.8) is 0 Å². The molecule has 0 heterocycles. The van der Waals surface area contributed by atoms with Gasteiger partial charge in [-0.3, -0.25) is 4.79 Å². The van der Waals surface area contributed by atoms with Crippen LogP contribution in [-0.2, 0) is 0 Å². The summed E-state index contributed by atoms with van der Waals surface area (Å²) in [5.74, 6) is -0.994. The number of carbonyl (C=O) groups is 2. The molecule has 5 nitrogen and oxygen atoms in total. The average molecular weight is 352 g/mol. The Labute approximate surface area is 128 Å². The highest BCUT2D eigenvalue weighted by Crippen LogP contribution is 2.20. The lowest BCUT2D eigenvalue weighted by Gasteiger charge is -2.07. The van der Waals surface area contributed by atoms with Crippen LogP contribution in [0.25, 0.3) is 0 Å². The number of primary amides is 1. The standard InChI is InChI=1S/C14H11BrFN3O2/c15-9-3-6-12(11(16)7-9)19-13(20)8-1-4-10(5-2-8)18-14(17)21/h1-7H,(H,19,20)(H3,17,18,21). The van der Waals surface area contributed by atoms with E-state index in [9.17, 15) is 14.0 Å². The Kier molecular flexibility index (Phi) is 4.54. The van der Waals surface area contributed by atoms with Gasteiger partial charge in [-0.25, -0.2) is 9.18 Å². The van der Waals surface area contributed by atoms with Gasteiger partial charge in [0, 0.05) is 15.7 Å². The number of amides is 3. The van der Waals surface area contributed by atoms with E-state index in [-0.39, 0.29) is 5.69 Å². The summed E-state index contributed by atoms with van der Waals surface area (Å²) in [5.41, 5.74) is 5.86. The number of nitrogens with two attached hydrogens (primary N) is 1. The molecular formula is C14H11BrFN3O2. The maximum absolute atomic E-state index is 13.6. The van der Waals surface area contributed by atoms with Crippen molar-refractivity contribution in [3.8, 4) is 0 Å². The lowest BCUT2D eigenvalue weighted by atomic mass is 10.2. The van der Waals surface area contributed by atoms with Crippen LogP contribution < -0.4 is 16.4 Å². The Hall–Kier alpha value is -2.41. The summed E-state index contributed by atoms with van der Waals surface area (Å²) in [6.45, 7) is 0. The third kappa shape index (κ3) is 4.03. The summed E-state index contributed by atoms with van der Waals surface area (Å²) >= 11 is 3.14. The average Bonchev–Trinajstić information content (AvgIpc) is 2.42. The van der Waals surface area contributed by atoms with Crippen LogP contribution in [0.2, 0.25) is 0 Å². The largest absolute Gasteiger partial charge is 0.351 e. The van der Waals surface area contributed by atoms with E-state index in [0.717, 1.165) is 0 Å². The fourth-order valence-electron chi connectivity index (χ4n) is 1.63. The summed E-state index contributed by atoms with van der Waals surface area (Å²) in [7, 11) is 0. The van der Waals surface area contributed by atoms with Gasteiger partial charge in [-0.2, -0.15) is 0 Å². The maximum Gasteiger partial charge on any atom is 0.316 e. The van der Waals surface area contributed by atoms with Crippen LogP contribution in [0.4, 0.5) is 20.6 Å². The molecule has 0 fully saturated rings. The first-order chi connectivity index (χ1) is 9.95. The number of benzene rings is 2. The van der Waals surface area contributed by atoms with Crippen molar-refractivity contribution in [2.75, 3.05) is 10.6 Å². The summed E-state index contributed by atoms with van der Waals surface area (Å²) in [5, 5.41) is 4.85. The first-order valence-electron chi connectivity index (χ1n) is 5.88. The lowest BCUT2D eigenvalue weighted by Crippen LogP contribution is -2.19. The van der Waals surface area contributed by atoms with Crippen LogP contribution in [0, 0.1) is 5.82 Å². The van der Waals surface area contributed by atoms with E-state index in [0.29, 0.717) is 15.7 Å².